The molecule has 1 saturated carbocycles. The molecular weight excluding hydrogens is 404 g/mol. The van der Waals surface area contributed by atoms with Crippen LogP contribution in [0.25, 0.3) is 0 Å². The summed E-state index contributed by atoms with van der Waals surface area (Å²) in [6.07, 6.45) is 6.15. The molecule has 2 amide bonds. The fourth-order valence-electron chi connectivity index (χ4n) is 5.70. The Morgan fingerprint density at radius 1 is 1.06 bits per heavy atom. The van der Waals surface area contributed by atoms with Crippen molar-refractivity contribution in [3.63, 3.8) is 0 Å². The molecule has 32 heavy (non-hydrogen) atoms. The lowest BCUT2D eigenvalue weighted by atomic mass is 9.74. The molecule has 1 aromatic heterocycles. The average molecular weight is 437 g/mol. The van der Waals surface area contributed by atoms with Gasteiger partial charge in [0.05, 0.1) is 11.8 Å². The third kappa shape index (κ3) is 3.85. The molecule has 1 aliphatic carbocycles. The molecule has 1 N–H and O–H groups in total. The van der Waals surface area contributed by atoms with Gasteiger partial charge in [-0.2, -0.15) is 0 Å². The van der Waals surface area contributed by atoms with E-state index in [1.54, 1.807) is 12.3 Å². The average Bonchev–Trinajstić information content (AvgIpc) is 3.36. The maximum atomic E-state index is 13.1. The number of carbonyl (C=O) groups is 2. The van der Waals surface area contributed by atoms with Crippen molar-refractivity contribution in [3.8, 4) is 0 Å². The first-order valence-electron chi connectivity index (χ1n) is 11.8. The van der Waals surface area contributed by atoms with Crippen molar-refractivity contribution in [3.05, 3.63) is 59.5 Å². The first-order chi connectivity index (χ1) is 15.5. The van der Waals surface area contributed by atoms with Gasteiger partial charge in [-0.25, -0.2) is 0 Å². The summed E-state index contributed by atoms with van der Waals surface area (Å²) in [4.78, 5) is 27.8. The van der Waals surface area contributed by atoms with Gasteiger partial charge in [0, 0.05) is 44.2 Å². The van der Waals surface area contributed by atoms with E-state index in [-0.39, 0.29) is 28.6 Å². The van der Waals surface area contributed by atoms with E-state index >= 15 is 0 Å². The van der Waals surface area contributed by atoms with Crippen LogP contribution < -0.4 is 5.32 Å². The van der Waals surface area contributed by atoms with Crippen LogP contribution in [0, 0.1) is 18.3 Å². The fraction of sp³-hybridized carbons (Fsp3) is 0.538. The number of nitrogens with one attached hydrogen (secondary N) is 1. The number of hydrogen-bond donors (Lipinski definition) is 1. The maximum absolute atomic E-state index is 13.1. The van der Waals surface area contributed by atoms with E-state index in [4.69, 9.17) is 9.15 Å². The van der Waals surface area contributed by atoms with Gasteiger partial charge in [-0.3, -0.25) is 9.59 Å². The zero-order valence-electron chi connectivity index (χ0n) is 18.8. The number of benzene rings is 1. The van der Waals surface area contributed by atoms with Crippen LogP contribution in [0.2, 0.25) is 0 Å². The summed E-state index contributed by atoms with van der Waals surface area (Å²) < 4.78 is 10.9. The number of piperidine rings is 1. The highest BCUT2D eigenvalue weighted by Gasteiger charge is 2.59. The van der Waals surface area contributed by atoms with Crippen molar-refractivity contribution < 1.29 is 18.7 Å². The van der Waals surface area contributed by atoms with Gasteiger partial charge in [0.2, 0.25) is 5.91 Å². The number of rotatable bonds is 5. The van der Waals surface area contributed by atoms with Gasteiger partial charge in [-0.1, -0.05) is 30.3 Å². The van der Waals surface area contributed by atoms with Crippen LogP contribution in [-0.4, -0.2) is 49.6 Å². The van der Waals surface area contributed by atoms with Crippen LogP contribution in [0.4, 0.5) is 0 Å². The van der Waals surface area contributed by atoms with Crippen molar-refractivity contribution in [1.82, 2.24) is 10.2 Å². The molecule has 5 rings (SSSR count). The molecule has 2 saturated heterocycles. The highest BCUT2D eigenvalue weighted by molar-refractivity contribution is 5.95. The topological polar surface area (TPSA) is 71.8 Å². The lowest BCUT2D eigenvalue weighted by Crippen LogP contribution is -2.46. The molecule has 2 aromatic rings. The number of furan rings is 1. The molecule has 3 fully saturated rings. The minimum Gasteiger partial charge on any atom is -0.469 e. The molecule has 3 aliphatic rings. The Kier molecular flexibility index (Phi) is 5.58. The van der Waals surface area contributed by atoms with E-state index in [0.717, 1.165) is 45.3 Å². The van der Waals surface area contributed by atoms with Crippen LogP contribution in [-0.2, 0) is 14.9 Å². The number of aryl methyl sites for hydroxylation is 1. The molecule has 1 atom stereocenters. The van der Waals surface area contributed by atoms with Crippen LogP contribution in [0.15, 0.2) is 47.1 Å². The monoisotopic (exact) mass is 436 g/mol. The molecule has 0 bridgehead atoms. The van der Waals surface area contributed by atoms with E-state index in [1.165, 1.54) is 5.56 Å². The van der Waals surface area contributed by atoms with Crippen molar-refractivity contribution in [2.24, 2.45) is 11.3 Å². The summed E-state index contributed by atoms with van der Waals surface area (Å²) in [7, 11) is 0. The Morgan fingerprint density at radius 3 is 2.44 bits per heavy atom. The molecule has 170 valence electrons. The van der Waals surface area contributed by atoms with Gasteiger partial charge >= 0.3 is 0 Å². The van der Waals surface area contributed by atoms with Crippen LogP contribution >= 0.6 is 0 Å². The Morgan fingerprint density at radius 2 is 1.78 bits per heavy atom. The van der Waals surface area contributed by atoms with Gasteiger partial charge in [0.15, 0.2) is 0 Å². The Labute approximate surface area is 189 Å². The fourth-order valence-corrected chi connectivity index (χ4v) is 5.70. The lowest BCUT2D eigenvalue weighted by Gasteiger charge is -2.38. The van der Waals surface area contributed by atoms with Crippen molar-refractivity contribution in [1.29, 1.82) is 0 Å². The summed E-state index contributed by atoms with van der Waals surface area (Å²) in [6, 6.07) is 12.3. The number of carbonyl (C=O) groups excluding carboxylic acids is 2. The van der Waals surface area contributed by atoms with E-state index in [0.29, 0.717) is 31.0 Å². The Bertz CT molecular complexity index is 969. The third-order valence-corrected chi connectivity index (χ3v) is 8.08. The highest BCUT2D eigenvalue weighted by atomic mass is 16.5. The standard InChI is InChI=1S/C26H32N2O4/c1-19-21(7-14-32-19)24(30)28-12-8-25(9-13-28)17-22(25)23(29)27-18-26(10-15-31-16-11-26)20-5-3-2-4-6-20/h2-7,14,22H,8-13,15-18H2,1H3,(H,27,29). The Balaban J connectivity index is 1.17. The molecule has 3 heterocycles. The molecular formula is C26H32N2O4. The van der Waals surface area contributed by atoms with Gasteiger partial charge in [0.25, 0.3) is 5.91 Å². The number of amides is 2. The molecule has 1 spiro atoms. The molecule has 1 unspecified atom stereocenters. The Hall–Kier alpha value is -2.60. The number of nitrogens with zero attached hydrogens (tertiary/aromatic N) is 1. The van der Waals surface area contributed by atoms with Crippen LogP contribution in [0.5, 0.6) is 0 Å². The second-order valence-electron chi connectivity index (χ2n) is 9.78. The first-order valence-corrected chi connectivity index (χ1v) is 11.8. The number of ether oxygens (including phenoxy) is 1. The molecule has 6 nitrogen and oxygen atoms in total. The lowest BCUT2D eigenvalue weighted by molar-refractivity contribution is -0.123. The SMILES string of the molecule is Cc1occc1C(=O)N1CCC2(CC1)CC2C(=O)NCC1(c2ccccc2)CCOCC1. The second-order valence-corrected chi connectivity index (χ2v) is 9.78. The highest BCUT2D eigenvalue weighted by Crippen LogP contribution is 2.59. The van der Waals surface area contributed by atoms with Crippen molar-refractivity contribution >= 4 is 11.8 Å². The summed E-state index contributed by atoms with van der Waals surface area (Å²) in [5, 5.41) is 3.30. The molecule has 0 radical (unpaired) electrons. The minimum atomic E-state index is -0.0462. The van der Waals surface area contributed by atoms with Crippen LogP contribution in [0.1, 0.15) is 53.8 Å². The predicted molar refractivity (Wildman–Crippen MR) is 120 cm³/mol. The normalized spacial score (nSPS) is 23.7. The van der Waals surface area contributed by atoms with Crippen molar-refractivity contribution in [2.75, 3.05) is 32.8 Å². The zero-order chi connectivity index (χ0) is 22.2. The number of hydrogen-bond acceptors (Lipinski definition) is 4. The molecule has 6 heteroatoms. The summed E-state index contributed by atoms with van der Waals surface area (Å²) in [6.45, 7) is 5.37. The molecule has 1 aromatic carbocycles. The first kappa shape index (κ1) is 21.3. The minimum absolute atomic E-state index is 0.0390. The van der Waals surface area contributed by atoms with E-state index in [2.05, 4.69) is 29.6 Å². The summed E-state index contributed by atoms with van der Waals surface area (Å²) in [5.74, 6) is 0.955. The summed E-state index contributed by atoms with van der Waals surface area (Å²) in [5.41, 5.74) is 1.96. The van der Waals surface area contributed by atoms with Gasteiger partial charge in [-0.05, 0) is 56.1 Å². The second kappa shape index (κ2) is 8.39. The van der Waals surface area contributed by atoms with Gasteiger partial charge in [-0.15, -0.1) is 0 Å². The quantitative estimate of drug-likeness (QED) is 0.776. The smallest absolute Gasteiger partial charge is 0.257 e. The van der Waals surface area contributed by atoms with Crippen molar-refractivity contribution in [2.45, 2.75) is 44.4 Å². The maximum Gasteiger partial charge on any atom is 0.257 e. The third-order valence-electron chi connectivity index (χ3n) is 8.08. The van der Waals surface area contributed by atoms with E-state index < -0.39 is 0 Å². The van der Waals surface area contributed by atoms with Gasteiger partial charge in [0.1, 0.15) is 5.76 Å². The van der Waals surface area contributed by atoms with Crippen LogP contribution in [0.3, 0.4) is 0 Å². The van der Waals surface area contributed by atoms with E-state index in [9.17, 15) is 9.59 Å². The predicted octanol–water partition coefficient (Wildman–Crippen LogP) is 3.69. The largest absolute Gasteiger partial charge is 0.469 e. The summed E-state index contributed by atoms with van der Waals surface area (Å²) >= 11 is 0. The van der Waals surface area contributed by atoms with E-state index in [1.807, 2.05) is 17.9 Å². The number of likely N-dealkylation sites (tertiary alicyclic amines) is 1. The van der Waals surface area contributed by atoms with Gasteiger partial charge < -0.3 is 19.4 Å². The zero-order valence-corrected chi connectivity index (χ0v) is 18.8. The molecule has 2 aliphatic heterocycles.